The average molecular weight is 508 g/mol. The van der Waals surface area contributed by atoms with Crippen molar-refractivity contribution in [3.8, 4) is 0 Å². The van der Waals surface area contributed by atoms with Crippen LogP contribution in [0.25, 0.3) is 0 Å². The Kier molecular flexibility index (Phi) is 7.24. The van der Waals surface area contributed by atoms with Gasteiger partial charge in [-0.1, -0.05) is 40.2 Å². The highest BCUT2D eigenvalue weighted by atomic mass is 79.9. The number of rotatable bonds is 4. The number of nitrogens with zero attached hydrogens (tertiary/aromatic N) is 3. The van der Waals surface area contributed by atoms with Crippen molar-refractivity contribution in [1.82, 2.24) is 9.88 Å². The van der Waals surface area contributed by atoms with Crippen LogP contribution in [0.5, 0.6) is 0 Å². The molecular weight excluding hydrogens is 482 g/mol. The van der Waals surface area contributed by atoms with E-state index in [1.807, 2.05) is 72.5 Å². The van der Waals surface area contributed by atoms with Gasteiger partial charge in [-0.15, -0.1) is 0 Å². The summed E-state index contributed by atoms with van der Waals surface area (Å²) < 4.78 is 0.898. The number of nitrogens with one attached hydrogen (secondary N) is 2. The number of pyridine rings is 1. The molecule has 1 saturated heterocycles. The van der Waals surface area contributed by atoms with Crippen LogP contribution in [0.4, 0.5) is 22.0 Å². The van der Waals surface area contributed by atoms with E-state index in [1.54, 1.807) is 6.20 Å². The van der Waals surface area contributed by atoms with Crippen LogP contribution in [0.1, 0.15) is 22.3 Å². The molecule has 2 N–H and O–H groups in total. The minimum atomic E-state index is -0.310. The lowest BCUT2D eigenvalue weighted by Gasteiger charge is -2.23. The van der Waals surface area contributed by atoms with Crippen molar-refractivity contribution < 1.29 is 9.59 Å². The van der Waals surface area contributed by atoms with E-state index in [9.17, 15) is 9.59 Å². The molecule has 0 bridgehead atoms. The fourth-order valence-electron chi connectivity index (χ4n) is 3.80. The summed E-state index contributed by atoms with van der Waals surface area (Å²) in [5.74, 6) is 0.877. The first-order chi connectivity index (χ1) is 16.0. The first kappa shape index (κ1) is 22.8. The van der Waals surface area contributed by atoms with Crippen LogP contribution >= 0.6 is 15.9 Å². The number of carbonyl (C=O) groups is 2. The van der Waals surface area contributed by atoms with Crippen LogP contribution in [0, 0.1) is 6.92 Å². The Morgan fingerprint density at radius 2 is 1.79 bits per heavy atom. The predicted octanol–water partition coefficient (Wildman–Crippen LogP) is 5.15. The Morgan fingerprint density at radius 1 is 0.939 bits per heavy atom. The van der Waals surface area contributed by atoms with E-state index in [0.717, 1.165) is 34.5 Å². The quantitative estimate of drug-likeness (QED) is 0.511. The van der Waals surface area contributed by atoms with E-state index in [4.69, 9.17) is 0 Å². The summed E-state index contributed by atoms with van der Waals surface area (Å²) in [6, 6.07) is 18.5. The zero-order valence-electron chi connectivity index (χ0n) is 18.4. The highest BCUT2D eigenvalue weighted by Crippen LogP contribution is 2.19. The van der Waals surface area contributed by atoms with Crippen LogP contribution in [0.15, 0.2) is 71.3 Å². The van der Waals surface area contributed by atoms with Gasteiger partial charge in [0.1, 0.15) is 5.82 Å². The lowest BCUT2D eigenvalue weighted by Crippen LogP contribution is -2.35. The van der Waals surface area contributed by atoms with Crippen LogP contribution < -0.4 is 15.5 Å². The summed E-state index contributed by atoms with van der Waals surface area (Å²) in [7, 11) is 0. The summed E-state index contributed by atoms with van der Waals surface area (Å²) in [5, 5.41) is 5.67. The minimum Gasteiger partial charge on any atom is -0.355 e. The monoisotopic (exact) mass is 507 g/mol. The number of amides is 3. The molecule has 0 aliphatic carbocycles. The van der Waals surface area contributed by atoms with Crippen molar-refractivity contribution >= 4 is 45.1 Å². The van der Waals surface area contributed by atoms with Gasteiger partial charge in [-0.25, -0.2) is 9.78 Å². The molecule has 3 amide bonds. The second kappa shape index (κ2) is 10.5. The molecule has 170 valence electrons. The highest BCUT2D eigenvalue weighted by Gasteiger charge is 2.21. The molecule has 1 aromatic heterocycles. The summed E-state index contributed by atoms with van der Waals surface area (Å²) >= 11 is 3.43. The van der Waals surface area contributed by atoms with Gasteiger partial charge in [0, 0.05) is 41.9 Å². The first-order valence-corrected chi connectivity index (χ1v) is 11.7. The second-order valence-electron chi connectivity index (χ2n) is 7.94. The van der Waals surface area contributed by atoms with Gasteiger partial charge in [0.25, 0.3) is 5.91 Å². The Morgan fingerprint density at radius 3 is 2.55 bits per heavy atom. The topological polar surface area (TPSA) is 77.6 Å². The molecule has 1 aliphatic rings. The van der Waals surface area contributed by atoms with Gasteiger partial charge < -0.3 is 20.4 Å². The van der Waals surface area contributed by atoms with Crippen molar-refractivity contribution in [2.45, 2.75) is 13.3 Å². The Balaban J connectivity index is 1.34. The fraction of sp³-hybridized carbons (Fsp3) is 0.240. The van der Waals surface area contributed by atoms with Gasteiger partial charge in [-0.2, -0.15) is 0 Å². The number of para-hydroxylation sites is 1. The van der Waals surface area contributed by atoms with Crippen LogP contribution in [0.3, 0.4) is 0 Å². The molecule has 3 aromatic rings. The van der Waals surface area contributed by atoms with Gasteiger partial charge in [0.2, 0.25) is 0 Å². The summed E-state index contributed by atoms with van der Waals surface area (Å²) in [4.78, 5) is 33.8. The molecule has 1 aliphatic heterocycles. The molecule has 2 aromatic carbocycles. The van der Waals surface area contributed by atoms with Gasteiger partial charge in [0.15, 0.2) is 0 Å². The molecular formula is C25H26BrN5O2. The molecule has 7 nitrogen and oxygen atoms in total. The normalized spacial score (nSPS) is 13.9. The van der Waals surface area contributed by atoms with Gasteiger partial charge >= 0.3 is 6.03 Å². The third-order valence-electron chi connectivity index (χ3n) is 5.58. The third kappa shape index (κ3) is 5.90. The van der Waals surface area contributed by atoms with Crippen molar-refractivity contribution in [2.75, 3.05) is 41.7 Å². The molecule has 0 saturated carbocycles. The average Bonchev–Trinajstić information content (AvgIpc) is 3.07. The van der Waals surface area contributed by atoms with Gasteiger partial charge in [-0.05, 0) is 55.3 Å². The van der Waals surface area contributed by atoms with Gasteiger partial charge in [-0.3, -0.25) is 4.79 Å². The molecule has 4 rings (SSSR count). The lowest BCUT2D eigenvalue weighted by molar-refractivity contribution is 0.0767. The predicted molar refractivity (Wildman–Crippen MR) is 135 cm³/mol. The molecule has 0 spiro atoms. The largest absolute Gasteiger partial charge is 0.355 e. The smallest absolute Gasteiger partial charge is 0.323 e. The van der Waals surface area contributed by atoms with Crippen LogP contribution in [-0.2, 0) is 0 Å². The van der Waals surface area contributed by atoms with E-state index >= 15 is 0 Å². The number of urea groups is 1. The van der Waals surface area contributed by atoms with E-state index in [0.29, 0.717) is 30.9 Å². The zero-order valence-corrected chi connectivity index (χ0v) is 20.0. The summed E-state index contributed by atoms with van der Waals surface area (Å²) in [6.45, 7) is 4.80. The van der Waals surface area contributed by atoms with Crippen molar-refractivity contribution in [1.29, 1.82) is 0 Å². The number of halogens is 1. The summed E-state index contributed by atoms with van der Waals surface area (Å²) in [5.41, 5.74) is 3.07. The van der Waals surface area contributed by atoms with E-state index in [1.165, 1.54) is 0 Å². The molecule has 0 atom stereocenters. The van der Waals surface area contributed by atoms with E-state index in [2.05, 4.69) is 36.4 Å². The number of aromatic nitrogens is 1. The number of hydrogen-bond donors (Lipinski definition) is 2. The van der Waals surface area contributed by atoms with Crippen molar-refractivity contribution in [3.63, 3.8) is 0 Å². The van der Waals surface area contributed by atoms with Crippen molar-refractivity contribution in [2.24, 2.45) is 0 Å². The van der Waals surface area contributed by atoms with Crippen LogP contribution in [-0.4, -0.2) is 48.0 Å². The number of carbonyl (C=O) groups excluding carboxylic acids is 2. The number of anilines is 3. The van der Waals surface area contributed by atoms with Gasteiger partial charge in [0.05, 0.1) is 11.9 Å². The molecule has 8 heteroatoms. The fourth-order valence-corrected chi connectivity index (χ4v) is 4.20. The number of benzene rings is 2. The highest BCUT2D eigenvalue weighted by molar-refractivity contribution is 9.10. The third-order valence-corrected chi connectivity index (χ3v) is 6.07. The van der Waals surface area contributed by atoms with E-state index < -0.39 is 0 Å². The molecule has 33 heavy (non-hydrogen) atoms. The maximum absolute atomic E-state index is 12.9. The molecule has 0 unspecified atom stereocenters. The minimum absolute atomic E-state index is 0.0466. The molecule has 0 radical (unpaired) electrons. The van der Waals surface area contributed by atoms with Crippen LogP contribution in [0.2, 0.25) is 0 Å². The first-order valence-electron chi connectivity index (χ1n) is 10.9. The second-order valence-corrected chi connectivity index (χ2v) is 8.86. The molecule has 1 fully saturated rings. The standard InChI is InChI=1S/C25H26BrN5O2/c1-18-6-2-3-9-22(18)29-25(33)28-21-10-11-23(27-17-21)30-12-5-13-31(15-14-30)24(32)19-7-4-8-20(26)16-19/h2-4,6-11,16-17H,5,12-15H2,1H3,(H2,28,29,33). The lowest BCUT2D eigenvalue weighted by atomic mass is 10.2. The Hall–Kier alpha value is -3.39. The number of aryl methyl sites for hydroxylation is 1. The Bertz CT molecular complexity index is 1140. The molecule has 2 heterocycles. The maximum Gasteiger partial charge on any atom is 0.323 e. The SMILES string of the molecule is Cc1ccccc1NC(=O)Nc1ccc(N2CCCN(C(=O)c3cccc(Br)c3)CC2)nc1. The maximum atomic E-state index is 12.9. The Labute approximate surface area is 201 Å². The van der Waals surface area contributed by atoms with Crippen molar-refractivity contribution in [3.05, 3.63) is 82.5 Å². The zero-order chi connectivity index (χ0) is 23.2. The summed E-state index contributed by atoms with van der Waals surface area (Å²) in [6.07, 6.45) is 2.52. The number of hydrogen-bond acceptors (Lipinski definition) is 4. The van der Waals surface area contributed by atoms with E-state index in [-0.39, 0.29) is 11.9 Å².